The summed E-state index contributed by atoms with van der Waals surface area (Å²) in [6.45, 7) is 7.74. The molecule has 0 spiro atoms. The van der Waals surface area contributed by atoms with Crippen LogP contribution in [-0.4, -0.2) is 21.4 Å². The minimum atomic E-state index is -0.278. The van der Waals surface area contributed by atoms with Crippen molar-refractivity contribution in [1.29, 1.82) is 0 Å². The normalized spacial score (nSPS) is 10.9. The van der Waals surface area contributed by atoms with Gasteiger partial charge in [0.25, 0.3) is 11.5 Å². The zero-order valence-corrected chi connectivity index (χ0v) is 16.9. The lowest BCUT2D eigenvalue weighted by Crippen LogP contribution is -2.23. The van der Waals surface area contributed by atoms with Crippen LogP contribution < -0.4 is 16.2 Å². The van der Waals surface area contributed by atoms with E-state index >= 15 is 0 Å². The summed E-state index contributed by atoms with van der Waals surface area (Å²) in [7, 11) is 0. The van der Waals surface area contributed by atoms with Crippen molar-refractivity contribution >= 4 is 34.2 Å². The zero-order chi connectivity index (χ0) is 21.1. The van der Waals surface area contributed by atoms with Gasteiger partial charge in [0.2, 0.25) is 5.91 Å². The van der Waals surface area contributed by atoms with E-state index in [1.54, 1.807) is 54.0 Å². The fourth-order valence-electron chi connectivity index (χ4n) is 2.96. The van der Waals surface area contributed by atoms with Crippen molar-refractivity contribution in [3.05, 3.63) is 64.1 Å². The van der Waals surface area contributed by atoms with Crippen LogP contribution in [0.5, 0.6) is 0 Å². The number of amides is 2. The number of hydrogen-bond donors (Lipinski definition) is 2. The molecule has 2 aromatic carbocycles. The first-order valence-electron chi connectivity index (χ1n) is 9.53. The molecule has 2 amide bonds. The number of carbonyl (C=O) groups is 2. The van der Waals surface area contributed by atoms with Crippen LogP contribution in [0.3, 0.4) is 0 Å². The minimum absolute atomic E-state index is 0.0636. The number of benzene rings is 2. The van der Waals surface area contributed by atoms with Crippen LogP contribution in [0, 0.1) is 12.8 Å². The van der Waals surface area contributed by atoms with Crippen molar-refractivity contribution in [2.75, 3.05) is 10.6 Å². The second-order valence-corrected chi connectivity index (χ2v) is 7.13. The summed E-state index contributed by atoms with van der Waals surface area (Å²) in [6.07, 6.45) is 0. The minimum Gasteiger partial charge on any atom is -0.326 e. The van der Waals surface area contributed by atoms with Gasteiger partial charge in [0, 0.05) is 29.4 Å². The molecule has 0 fully saturated rings. The Balaban J connectivity index is 1.80. The summed E-state index contributed by atoms with van der Waals surface area (Å²) >= 11 is 0. The highest BCUT2D eigenvalue weighted by molar-refractivity contribution is 6.06. The molecule has 0 saturated carbocycles. The van der Waals surface area contributed by atoms with Crippen molar-refractivity contribution in [2.24, 2.45) is 5.92 Å². The number of aryl methyl sites for hydroxylation is 2. The van der Waals surface area contributed by atoms with Crippen LogP contribution in [0.2, 0.25) is 0 Å². The van der Waals surface area contributed by atoms with Gasteiger partial charge >= 0.3 is 0 Å². The standard InChI is InChI=1S/C22H24N4O3/c1-5-26-19-11-6-15(12-18(19)23-14(4)22(26)29)21(28)25-17-9-7-16(8-10-17)24-20(27)13(2)3/h6-13H,5H2,1-4H3,(H,24,27)(H,25,28). The van der Waals surface area contributed by atoms with E-state index in [1.165, 1.54) is 0 Å². The van der Waals surface area contributed by atoms with Crippen LogP contribution in [0.4, 0.5) is 11.4 Å². The molecule has 0 atom stereocenters. The Bertz CT molecular complexity index is 1130. The van der Waals surface area contributed by atoms with Gasteiger partial charge in [0.15, 0.2) is 0 Å². The average Bonchev–Trinajstić information content (AvgIpc) is 2.70. The number of fused-ring (bicyclic) bond motifs is 1. The van der Waals surface area contributed by atoms with E-state index in [1.807, 2.05) is 20.8 Å². The summed E-state index contributed by atoms with van der Waals surface area (Å²) in [5.41, 5.74) is 3.30. The van der Waals surface area contributed by atoms with Crippen LogP contribution in [0.15, 0.2) is 47.3 Å². The van der Waals surface area contributed by atoms with Gasteiger partial charge in [0.1, 0.15) is 5.69 Å². The Hall–Kier alpha value is -3.48. The topological polar surface area (TPSA) is 93.1 Å². The van der Waals surface area contributed by atoms with Crippen molar-refractivity contribution < 1.29 is 9.59 Å². The molecule has 0 aliphatic rings. The highest BCUT2D eigenvalue weighted by atomic mass is 16.2. The highest BCUT2D eigenvalue weighted by Crippen LogP contribution is 2.18. The van der Waals surface area contributed by atoms with Gasteiger partial charge < -0.3 is 15.2 Å². The van der Waals surface area contributed by atoms with Gasteiger partial charge in [-0.2, -0.15) is 0 Å². The third-order valence-electron chi connectivity index (χ3n) is 4.62. The summed E-state index contributed by atoms with van der Waals surface area (Å²) < 4.78 is 1.64. The van der Waals surface area contributed by atoms with Gasteiger partial charge in [-0.15, -0.1) is 0 Å². The lowest BCUT2D eigenvalue weighted by Gasteiger charge is -2.11. The lowest BCUT2D eigenvalue weighted by atomic mass is 10.1. The maximum atomic E-state index is 12.6. The fourth-order valence-corrected chi connectivity index (χ4v) is 2.96. The fraction of sp³-hybridized carbons (Fsp3) is 0.273. The predicted molar refractivity (Wildman–Crippen MR) is 114 cm³/mol. The quantitative estimate of drug-likeness (QED) is 0.694. The molecular weight excluding hydrogens is 368 g/mol. The molecule has 150 valence electrons. The average molecular weight is 392 g/mol. The Morgan fingerprint density at radius 3 is 2.24 bits per heavy atom. The Morgan fingerprint density at radius 2 is 1.66 bits per heavy atom. The molecule has 3 aromatic rings. The number of anilines is 2. The van der Waals surface area contributed by atoms with Crippen LogP contribution in [0.1, 0.15) is 36.8 Å². The maximum absolute atomic E-state index is 12.6. The van der Waals surface area contributed by atoms with Crippen LogP contribution in [-0.2, 0) is 11.3 Å². The molecule has 0 aliphatic carbocycles. The SMILES string of the molecule is CCn1c(=O)c(C)nc2cc(C(=O)Nc3ccc(NC(=O)C(C)C)cc3)ccc21. The molecular formula is C22H24N4O3. The molecule has 1 aromatic heterocycles. The first-order valence-corrected chi connectivity index (χ1v) is 9.53. The van der Waals surface area contributed by atoms with Gasteiger partial charge in [-0.05, 0) is 56.3 Å². The Labute approximate surface area is 168 Å². The van der Waals surface area contributed by atoms with E-state index in [2.05, 4.69) is 15.6 Å². The monoisotopic (exact) mass is 392 g/mol. The number of nitrogens with one attached hydrogen (secondary N) is 2. The predicted octanol–water partition coefficient (Wildman–Crippen LogP) is 3.57. The molecule has 0 aliphatic heterocycles. The second-order valence-electron chi connectivity index (χ2n) is 7.13. The van der Waals surface area contributed by atoms with Crippen molar-refractivity contribution in [1.82, 2.24) is 9.55 Å². The summed E-state index contributed by atoms with van der Waals surface area (Å²) in [4.78, 5) is 40.9. The third-order valence-corrected chi connectivity index (χ3v) is 4.62. The van der Waals surface area contributed by atoms with Gasteiger partial charge in [0.05, 0.1) is 11.0 Å². The molecule has 3 rings (SSSR count). The summed E-state index contributed by atoms with van der Waals surface area (Å²) in [5, 5.41) is 5.64. The van der Waals surface area contributed by atoms with E-state index in [4.69, 9.17) is 0 Å². The van der Waals surface area contributed by atoms with Crippen LogP contribution >= 0.6 is 0 Å². The van der Waals surface area contributed by atoms with Gasteiger partial charge in [-0.3, -0.25) is 14.4 Å². The largest absolute Gasteiger partial charge is 0.326 e. The molecule has 1 heterocycles. The zero-order valence-electron chi connectivity index (χ0n) is 16.9. The molecule has 0 bridgehead atoms. The Morgan fingerprint density at radius 1 is 1.03 bits per heavy atom. The van der Waals surface area contributed by atoms with E-state index in [9.17, 15) is 14.4 Å². The van der Waals surface area contributed by atoms with Crippen molar-refractivity contribution in [3.63, 3.8) is 0 Å². The Kier molecular flexibility index (Phi) is 5.77. The molecule has 7 heteroatoms. The number of rotatable bonds is 5. The highest BCUT2D eigenvalue weighted by Gasteiger charge is 2.12. The first-order chi connectivity index (χ1) is 13.8. The van der Waals surface area contributed by atoms with Gasteiger partial charge in [-0.1, -0.05) is 13.8 Å². The van der Waals surface area contributed by atoms with E-state index in [0.29, 0.717) is 40.2 Å². The van der Waals surface area contributed by atoms with E-state index < -0.39 is 0 Å². The van der Waals surface area contributed by atoms with Crippen molar-refractivity contribution in [3.8, 4) is 0 Å². The maximum Gasteiger partial charge on any atom is 0.272 e. The van der Waals surface area contributed by atoms with Crippen LogP contribution in [0.25, 0.3) is 11.0 Å². The summed E-state index contributed by atoms with van der Waals surface area (Å²) in [6, 6.07) is 12.0. The molecule has 0 saturated heterocycles. The second kappa shape index (κ2) is 8.26. The van der Waals surface area contributed by atoms with E-state index in [-0.39, 0.29) is 23.3 Å². The van der Waals surface area contributed by atoms with Crippen molar-refractivity contribution in [2.45, 2.75) is 34.2 Å². The number of aromatic nitrogens is 2. The lowest BCUT2D eigenvalue weighted by molar-refractivity contribution is -0.118. The number of carbonyl (C=O) groups excluding carboxylic acids is 2. The molecule has 0 unspecified atom stereocenters. The number of nitrogens with zero attached hydrogens (tertiary/aromatic N) is 2. The van der Waals surface area contributed by atoms with E-state index in [0.717, 1.165) is 0 Å². The van der Waals surface area contributed by atoms with Gasteiger partial charge in [-0.25, -0.2) is 4.98 Å². The molecule has 7 nitrogen and oxygen atoms in total. The molecule has 29 heavy (non-hydrogen) atoms. The first kappa shape index (κ1) is 20.3. The number of hydrogen-bond acceptors (Lipinski definition) is 4. The molecule has 0 radical (unpaired) electrons. The molecule has 2 N–H and O–H groups in total. The smallest absolute Gasteiger partial charge is 0.272 e. The third kappa shape index (κ3) is 4.34. The summed E-state index contributed by atoms with van der Waals surface area (Å²) in [5.74, 6) is -0.450.